The van der Waals surface area contributed by atoms with Crippen LogP contribution in [0.25, 0.3) is 11.1 Å². The highest BCUT2D eigenvalue weighted by molar-refractivity contribution is 8.14. The van der Waals surface area contributed by atoms with Gasteiger partial charge in [-0.3, -0.25) is 24.2 Å². The van der Waals surface area contributed by atoms with E-state index in [1.807, 2.05) is 31.3 Å². The topological polar surface area (TPSA) is 94.7 Å². The second-order valence-electron chi connectivity index (χ2n) is 8.18. The number of nitrogens with one attached hydrogen (secondary N) is 2. The van der Waals surface area contributed by atoms with Crippen LogP contribution in [-0.4, -0.2) is 63.9 Å². The Morgan fingerprint density at radius 1 is 1.09 bits per heavy atom. The third-order valence-corrected chi connectivity index (χ3v) is 6.90. The van der Waals surface area contributed by atoms with E-state index in [9.17, 15) is 14.4 Å². The van der Waals surface area contributed by atoms with Crippen LogP contribution in [0.1, 0.15) is 29.3 Å². The molecule has 1 aromatic carbocycles. The Morgan fingerprint density at radius 2 is 1.91 bits per heavy atom. The van der Waals surface area contributed by atoms with Gasteiger partial charge in [0.15, 0.2) is 0 Å². The van der Waals surface area contributed by atoms with Crippen LogP contribution in [0.15, 0.2) is 30.5 Å². The van der Waals surface area contributed by atoms with Crippen LogP contribution in [0.2, 0.25) is 0 Å². The first-order valence-electron chi connectivity index (χ1n) is 10.6. The summed E-state index contributed by atoms with van der Waals surface area (Å²) >= 11 is 1.02. The van der Waals surface area contributed by atoms with Crippen LogP contribution in [0, 0.1) is 0 Å². The molecule has 0 radical (unpaired) electrons. The third kappa shape index (κ3) is 3.99. The Bertz CT molecular complexity index is 1120. The van der Waals surface area contributed by atoms with E-state index >= 15 is 0 Å². The van der Waals surface area contributed by atoms with Crippen molar-refractivity contribution in [2.24, 2.45) is 0 Å². The van der Waals surface area contributed by atoms with Gasteiger partial charge >= 0.3 is 0 Å². The Morgan fingerprint density at radius 3 is 2.66 bits per heavy atom. The number of morpholine rings is 1. The summed E-state index contributed by atoms with van der Waals surface area (Å²) in [4.78, 5) is 43.7. The number of anilines is 1. The van der Waals surface area contributed by atoms with E-state index in [-0.39, 0.29) is 29.4 Å². The van der Waals surface area contributed by atoms with Crippen molar-refractivity contribution >= 4 is 45.6 Å². The summed E-state index contributed by atoms with van der Waals surface area (Å²) in [5.74, 6) is -0.142. The van der Waals surface area contributed by atoms with Crippen molar-refractivity contribution < 1.29 is 19.1 Å². The predicted octanol–water partition coefficient (Wildman–Crippen LogP) is 2.93. The van der Waals surface area contributed by atoms with E-state index in [2.05, 4.69) is 21.3 Å². The lowest BCUT2D eigenvalue weighted by Gasteiger charge is -2.25. The normalized spacial score (nSPS) is 20.7. The molecule has 0 unspecified atom stereocenters. The van der Waals surface area contributed by atoms with Crippen molar-refractivity contribution in [2.45, 2.75) is 20.0 Å². The van der Waals surface area contributed by atoms with Crippen molar-refractivity contribution in [3.63, 3.8) is 0 Å². The molecule has 8 nitrogen and oxygen atoms in total. The molecule has 0 spiro atoms. The molecule has 9 heteroatoms. The highest BCUT2D eigenvalue weighted by atomic mass is 32.2. The number of benzene rings is 1. The molecular formula is C23H24N4O4S. The minimum Gasteiger partial charge on any atom is -0.379 e. The Labute approximate surface area is 190 Å². The number of amides is 3. The number of thioether (sulfide) groups is 1. The summed E-state index contributed by atoms with van der Waals surface area (Å²) in [5, 5.41) is 2.70. The van der Waals surface area contributed by atoms with Gasteiger partial charge in [-0.2, -0.15) is 0 Å². The molecule has 3 amide bonds. The molecule has 3 aliphatic heterocycles. The SMILES string of the molecule is CC(=C1C(=O)Nc2ccc(CN3C(=O)CSC3=O)cc21)c1cc(CN2CCOCC2)c[nH]1. The van der Waals surface area contributed by atoms with Crippen molar-refractivity contribution in [3.8, 4) is 0 Å². The summed E-state index contributed by atoms with van der Waals surface area (Å²) in [6, 6.07) is 7.66. The average Bonchev–Trinajstić information content (AvgIpc) is 3.47. The number of aromatic nitrogens is 1. The van der Waals surface area contributed by atoms with E-state index in [1.54, 1.807) is 0 Å². The van der Waals surface area contributed by atoms with Gasteiger partial charge in [-0.15, -0.1) is 0 Å². The lowest BCUT2D eigenvalue weighted by Crippen LogP contribution is -2.35. The molecule has 2 saturated heterocycles. The van der Waals surface area contributed by atoms with E-state index in [1.165, 1.54) is 4.90 Å². The molecule has 0 saturated carbocycles. The molecule has 0 atom stereocenters. The second kappa shape index (κ2) is 8.57. The molecule has 2 aromatic rings. The molecule has 0 bridgehead atoms. The van der Waals surface area contributed by atoms with Crippen LogP contribution in [-0.2, 0) is 27.4 Å². The van der Waals surface area contributed by atoms with E-state index < -0.39 is 0 Å². The largest absolute Gasteiger partial charge is 0.379 e. The fourth-order valence-corrected chi connectivity index (χ4v) is 5.03. The third-order valence-electron chi connectivity index (χ3n) is 6.04. The zero-order valence-electron chi connectivity index (χ0n) is 17.8. The molecule has 2 N–H and O–H groups in total. The van der Waals surface area contributed by atoms with Gasteiger partial charge < -0.3 is 15.0 Å². The fourth-order valence-electron chi connectivity index (χ4n) is 4.30. The molecular weight excluding hydrogens is 428 g/mol. The van der Waals surface area contributed by atoms with Gasteiger partial charge in [-0.1, -0.05) is 17.8 Å². The minimum atomic E-state index is -0.226. The second-order valence-corrected chi connectivity index (χ2v) is 9.11. The maximum Gasteiger partial charge on any atom is 0.289 e. The number of fused-ring (bicyclic) bond motifs is 1. The van der Waals surface area contributed by atoms with E-state index in [4.69, 9.17) is 4.74 Å². The number of hydrogen-bond donors (Lipinski definition) is 2. The number of carbonyl (C=O) groups excluding carboxylic acids is 3. The maximum absolute atomic E-state index is 12.8. The van der Waals surface area contributed by atoms with Crippen molar-refractivity contribution in [1.82, 2.24) is 14.8 Å². The number of allylic oxidation sites excluding steroid dienone is 1. The first-order chi connectivity index (χ1) is 15.5. The highest BCUT2D eigenvalue weighted by Crippen LogP contribution is 2.38. The minimum absolute atomic E-state index is 0.150. The number of carbonyl (C=O) groups is 3. The molecule has 32 heavy (non-hydrogen) atoms. The van der Waals surface area contributed by atoms with Gasteiger partial charge in [0.05, 0.1) is 31.1 Å². The number of nitrogens with zero attached hydrogens (tertiary/aromatic N) is 2. The van der Waals surface area contributed by atoms with Gasteiger partial charge in [-0.05, 0) is 41.8 Å². The van der Waals surface area contributed by atoms with E-state index in [0.717, 1.165) is 78.3 Å². The van der Waals surface area contributed by atoms with Crippen molar-refractivity contribution in [2.75, 3.05) is 37.4 Å². The quantitative estimate of drug-likeness (QED) is 0.678. The first-order valence-corrected chi connectivity index (χ1v) is 11.6. The molecule has 4 heterocycles. The highest BCUT2D eigenvalue weighted by Gasteiger charge is 2.31. The molecule has 166 valence electrons. The summed E-state index contributed by atoms with van der Waals surface area (Å²) in [6.07, 6.45) is 1.99. The number of imide groups is 1. The average molecular weight is 453 g/mol. The standard InChI is InChI=1S/C23H24N4O4S/c1-14(19-9-16(10-24-19)11-26-4-6-31-7-5-26)21-17-8-15(2-3-18(17)25-22(21)29)12-27-20(28)13-32-23(27)30/h2-3,8-10,24H,4-7,11-13H2,1H3,(H,25,29). The van der Waals surface area contributed by atoms with Crippen LogP contribution in [0.3, 0.4) is 0 Å². The summed E-state index contributed by atoms with van der Waals surface area (Å²) < 4.78 is 5.41. The van der Waals surface area contributed by atoms with Gasteiger partial charge in [0, 0.05) is 42.8 Å². The molecule has 2 fully saturated rings. The summed E-state index contributed by atoms with van der Waals surface area (Å²) in [5.41, 5.74) is 5.87. The van der Waals surface area contributed by atoms with Crippen LogP contribution < -0.4 is 5.32 Å². The van der Waals surface area contributed by atoms with E-state index in [0.29, 0.717) is 5.57 Å². The lowest BCUT2D eigenvalue weighted by atomic mass is 9.98. The fraction of sp³-hybridized carbons (Fsp3) is 0.348. The van der Waals surface area contributed by atoms with Gasteiger partial charge in [0.1, 0.15) is 0 Å². The molecule has 0 aliphatic carbocycles. The van der Waals surface area contributed by atoms with Gasteiger partial charge in [0.25, 0.3) is 11.1 Å². The lowest BCUT2D eigenvalue weighted by molar-refractivity contribution is -0.125. The maximum atomic E-state index is 12.8. The number of ether oxygens (including phenoxy) is 1. The van der Waals surface area contributed by atoms with Gasteiger partial charge in [0.2, 0.25) is 5.91 Å². The number of hydrogen-bond acceptors (Lipinski definition) is 6. The van der Waals surface area contributed by atoms with Crippen LogP contribution in [0.4, 0.5) is 10.5 Å². The number of aromatic amines is 1. The van der Waals surface area contributed by atoms with Gasteiger partial charge in [-0.25, -0.2) is 0 Å². The molecule has 1 aromatic heterocycles. The Hall–Kier alpha value is -2.88. The first kappa shape index (κ1) is 21.0. The zero-order valence-corrected chi connectivity index (χ0v) is 18.6. The van der Waals surface area contributed by atoms with Crippen LogP contribution >= 0.6 is 11.8 Å². The smallest absolute Gasteiger partial charge is 0.289 e. The zero-order chi connectivity index (χ0) is 22.2. The number of H-pyrrole nitrogens is 1. The monoisotopic (exact) mass is 452 g/mol. The number of rotatable bonds is 5. The van der Waals surface area contributed by atoms with Crippen molar-refractivity contribution in [1.29, 1.82) is 0 Å². The van der Waals surface area contributed by atoms with Crippen LogP contribution in [0.5, 0.6) is 0 Å². The predicted molar refractivity (Wildman–Crippen MR) is 123 cm³/mol. The summed E-state index contributed by atoms with van der Waals surface area (Å²) in [6.45, 7) is 6.33. The molecule has 3 aliphatic rings. The van der Waals surface area contributed by atoms with Crippen molar-refractivity contribution in [3.05, 3.63) is 52.8 Å². The Balaban J connectivity index is 1.41. The Kier molecular flexibility index (Phi) is 5.62. The molecule has 5 rings (SSSR count). The summed E-state index contributed by atoms with van der Waals surface area (Å²) in [7, 11) is 0.